The van der Waals surface area contributed by atoms with E-state index in [0.29, 0.717) is 18.7 Å². The summed E-state index contributed by atoms with van der Waals surface area (Å²) >= 11 is 0. The number of carbonyl (C=O) groups excluding carboxylic acids is 2. The van der Waals surface area contributed by atoms with Crippen LogP contribution < -0.4 is 5.32 Å². The van der Waals surface area contributed by atoms with Gasteiger partial charge >= 0.3 is 0 Å². The van der Waals surface area contributed by atoms with Crippen LogP contribution in [0.4, 0.5) is 5.82 Å². The van der Waals surface area contributed by atoms with Crippen LogP contribution >= 0.6 is 0 Å². The van der Waals surface area contributed by atoms with E-state index in [1.807, 2.05) is 24.3 Å². The smallest absolute Gasteiger partial charge is 0.255 e. The number of nitrogens with zero attached hydrogens (tertiary/aromatic N) is 3. The Morgan fingerprint density at radius 2 is 1.89 bits per heavy atom. The summed E-state index contributed by atoms with van der Waals surface area (Å²) in [6.07, 6.45) is 2.42. The number of anilines is 1. The minimum absolute atomic E-state index is 0.0254. The first-order valence-corrected chi connectivity index (χ1v) is 9.60. The van der Waals surface area contributed by atoms with Crippen molar-refractivity contribution in [2.24, 2.45) is 0 Å². The number of likely N-dealkylation sites (tertiary alicyclic amines) is 1. The quantitative estimate of drug-likeness (QED) is 0.866. The van der Waals surface area contributed by atoms with Gasteiger partial charge in [-0.05, 0) is 38.0 Å². The molecule has 1 fully saturated rings. The van der Waals surface area contributed by atoms with Gasteiger partial charge in [-0.3, -0.25) is 9.59 Å². The number of nitrogens with one attached hydrogen (secondary N) is 1. The molecule has 148 valence electrons. The number of benzene rings is 1. The van der Waals surface area contributed by atoms with E-state index < -0.39 is 0 Å². The van der Waals surface area contributed by atoms with E-state index in [1.54, 1.807) is 36.0 Å². The summed E-state index contributed by atoms with van der Waals surface area (Å²) in [7, 11) is 1.79. The standard InChI is InChI=1S/C22H28N4O2/c1-16(27)25(4)19-12-13-26(15-19)21(28)17-10-11-20(23-14-17)24-22(2,3)18-8-6-5-7-9-18/h5-11,14,19H,12-13,15H2,1-4H3,(H,23,24)/t19-/m0/s1. The van der Waals surface area contributed by atoms with Crippen LogP contribution in [0.5, 0.6) is 0 Å². The number of aromatic nitrogens is 1. The molecule has 0 bridgehead atoms. The van der Waals surface area contributed by atoms with Crippen molar-refractivity contribution in [3.8, 4) is 0 Å². The van der Waals surface area contributed by atoms with Crippen molar-refractivity contribution >= 4 is 17.6 Å². The molecule has 0 radical (unpaired) electrons. The Hall–Kier alpha value is -2.89. The predicted octanol–water partition coefficient (Wildman–Crippen LogP) is 3.12. The Morgan fingerprint density at radius 3 is 2.50 bits per heavy atom. The molecular weight excluding hydrogens is 352 g/mol. The third-order valence-electron chi connectivity index (χ3n) is 5.44. The summed E-state index contributed by atoms with van der Waals surface area (Å²) in [5, 5.41) is 3.42. The fraction of sp³-hybridized carbons (Fsp3) is 0.409. The molecule has 6 heteroatoms. The lowest BCUT2D eigenvalue weighted by Gasteiger charge is -2.27. The highest BCUT2D eigenvalue weighted by atomic mass is 16.2. The van der Waals surface area contributed by atoms with Gasteiger partial charge in [-0.15, -0.1) is 0 Å². The summed E-state index contributed by atoms with van der Waals surface area (Å²) in [6.45, 7) is 6.97. The van der Waals surface area contributed by atoms with Crippen LogP contribution in [0.2, 0.25) is 0 Å². The first kappa shape index (κ1) is 19.9. The molecule has 1 N–H and O–H groups in total. The maximum absolute atomic E-state index is 12.8. The molecule has 1 atom stereocenters. The number of hydrogen-bond acceptors (Lipinski definition) is 4. The molecular formula is C22H28N4O2. The Labute approximate surface area is 166 Å². The molecule has 1 aliphatic rings. The van der Waals surface area contributed by atoms with Gasteiger partial charge in [-0.25, -0.2) is 4.98 Å². The van der Waals surface area contributed by atoms with Crippen LogP contribution in [0, 0.1) is 0 Å². The van der Waals surface area contributed by atoms with Gasteiger partial charge in [0.25, 0.3) is 5.91 Å². The van der Waals surface area contributed by atoms with Crippen LogP contribution in [0.25, 0.3) is 0 Å². The van der Waals surface area contributed by atoms with Crippen molar-refractivity contribution in [3.05, 3.63) is 59.8 Å². The molecule has 1 aliphatic heterocycles. The van der Waals surface area contributed by atoms with Crippen LogP contribution in [-0.2, 0) is 10.3 Å². The Balaban J connectivity index is 1.64. The highest BCUT2D eigenvalue weighted by Gasteiger charge is 2.30. The van der Waals surface area contributed by atoms with Crippen LogP contribution in [0.1, 0.15) is 43.1 Å². The maximum atomic E-state index is 12.8. The van der Waals surface area contributed by atoms with Crippen molar-refractivity contribution in [2.45, 2.75) is 38.8 Å². The third kappa shape index (κ3) is 4.32. The molecule has 0 spiro atoms. The Morgan fingerprint density at radius 1 is 1.18 bits per heavy atom. The summed E-state index contributed by atoms with van der Waals surface area (Å²) in [6, 6.07) is 13.9. The first-order valence-electron chi connectivity index (χ1n) is 9.60. The number of amides is 2. The zero-order valence-corrected chi connectivity index (χ0v) is 17.0. The monoisotopic (exact) mass is 380 g/mol. The maximum Gasteiger partial charge on any atom is 0.255 e. The molecule has 2 aromatic rings. The van der Waals surface area contributed by atoms with Crippen LogP contribution in [0.3, 0.4) is 0 Å². The summed E-state index contributed by atoms with van der Waals surface area (Å²) < 4.78 is 0. The Bertz CT molecular complexity index is 833. The predicted molar refractivity (Wildman–Crippen MR) is 110 cm³/mol. The average Bonchev–Trinajstić information content (AvgIpc) is 3.18. The minimum atomic E-state index is -0.279. The third-order valence-corrected chi connectivity index (χ3v) is 5.44. The fourth-order valence-corrected chi connectivity index (χ4v) is 3.52. The van der Waals surface area contributed by atoms with E-state index in [9.17, 15) is 9.59 Å². The van der Waals surface area contributed by atoms with E-state index in [2.05, 4.69) is 36.3 Å². The van der Waals surface area contributed by atoms with E-state index in [4.69, 9.17) is 0 Å². The number of rotatable bonds is 5. The van der Waals surface area contributed by atoms with Crippen LogP contribution in [-0.4, -0.2) is 52.8 Å². The fourth-order valence-electron chi connectivity index (χ4n) is 3.52. The number of likely N-dealkylation sites (N-methyl/N-ethyl adjacent to an activating group) is 1. The lowest BCUT2D eigenvalue weighted by molar-refractivity contribution is -0.129. The molecule has 1 saturated heterocycles. The lowest BCUT2D eigenvalue weighted by Crippen LogP contribution is -2.38. The van der Waals surface area contributed by atoms with E-state index in [0.717, 1.165) is 17.8 Å². The van der Waals surface area contributed by atoms with Crippen molar-refractivity contribution in [3.63, 3.8) is 0 Å². The zero-order chi connectivity index (χ0) is 20.3. The SMILES string of the molecule is CC(=O)N(C)[C@H]1CCN(C(=O)c2ccc(NC(C)(C)c3ccccc3)nc2)C1. The van der Waals surface area contributed by atoms with Gasteiger partial charge in [0.1, 0.15) is 5.82 Å². The zero-order valence-electron chi connectivity index (χ0n) is 17.0. The number of pyridine rings is 1. The molecule has 3 rings (SSSR count). The van der Waals surface area contributed by atoms with Crippen LogP contribution in [0.15, 0.2) is 48.7 Å². The minimum Gasteiger partial charge on any atom is -0.361 e. The molecule has 2 amide bonds. The molecule has 0 unspecified atom stereocenters. The van der Waals surface area contributed by atoms with Gasteiger partial charge in [0.15, 0.2) is 0 Å². The largest absolute Gasteiger partial charge is 0.361 e. The second kappa shape index (κ2) is 8.00. The van der Waals surface area contributed by atoms with Gasteiger partial charge in [0, 0.05) is 33.3 Å². The van der Waals surface area contributed by atoms with Crippen molar-refractivity contribution < 1.29 is 9.59 Å². The van der Waals surface area contributed by atoms with Crippen molar-refractivity contribution in [1.82, 2.24) is 14.8 Å². The van der Waals surface area contributed by atoms with E-state index in [-0.39, 0.29) is 23.4 Å². The molecule has 0 saturated carbocycles. The van der Waals surface area contributed by atoms with Gasteiger partial charge in [-0.1, -0.05) is 30.3 Å². The lowest BCUT2D eigenvalue weighted by atomic mass is 9.94. The molecule has 2 heterocycles. The second-order valence-electron chi connectivity index (χ2n) is 7.87. The van der Waals surface area contributed by atoms with Gasteiger partial charge in [-0.2, -0.15) is 0 Å². The molecule has 28 heavy (non-hydrogen) atoms. The summed E-state index contributed by atoms with van der Waals surface area (Å²) in [4.78, 5) is 32.2. The van der Waals surface area contributed by atoms with E-state index >= 15 is 0 Å². The summed E-state index contributed by atoms with van der Waals surface area (Å²) in [5.41, 5.74) is 1.45. The second-order valence-corrected chi connectivity index (χ2v) is 7.87. The van der Waals surface area contributed by atoms with Gasteiger partial charge < -0.3 is 15.1 Å². The average molecular weight is 380 g/mol. The first-order chi connectivity index (χ1) is 13.3. The van der Waals surface area contributed by atoms with Gasteiger partial charge in [0.2, 0.25) is 5.91 Å². The topological polar surface area (TPSA) is 65.5 Å². The molecule has 1 aromatic carbocycles. The number of hydrogen-bond donors (Lipinski definition) is 1. The number of carbonyl (C=O) groups is 2. The van der Waals surface area contributed by atoms with Gasteiger partial charge in [0.05, 0.1) is 17.1 Å². The Kier molecular flexibility index (Phi) is 5.68. The molecule has 1 aromatic heterocycles. The molecule has 0 aliphatic carbocycles. The van der Waals surface area contributed by atoms with E-state index in [1.165, 1.54) is 0 Å². The highest BCUT2D eigenvalue weighted by molar-refractivity contribution is 5.94. The highest BCUT2D eigenvalue weighted by Crippen LogP contribution is 2.25. The molecule has 6 nitrogen and oxygen atoms in total. The van der Waals surface area contributed by atoms with Crippen molar-refractivity contribution in [2.75, 3.05) is 25.5 Å². The van der Waals surface area contributed by atoms with Crippen molar-refractivity contribution in [1.29, 1.82) is 0 Å². The summed E-state index contributed by atoms with van der Waals surface area (Å²) in [5.74, 6) is 0.708. The normalized spacial score (nSPS) is 16.7.